The Bertz CT molecular complexity index is 1190. The highest BCUT2D eigenvalue weighted by Crippen LogP contribution is 2.21. The summed E-state index contributed by atoms with van der Waals surface area (Å²) in [6.45, 7) is -0.396. The number of benzene rings is 2. The number of imidazole rings is 1. The largest absolute Gasteiger partial charge is 0.497 e. The van der Waals surface area contributed by atoms with Gasteiger partial charge in [-0.3, -0.25) is 9.78 Å². The number of pyridine rings is 1. The number of amides is 1. The van der Waals surface area contributed by atoms with Crippen molar-refractivity contribution in [1.29, 1.82) is 0 Å². The zero-order valence-electron chi connectivity index (χ0n) is 16.1. The molecule has 0 aliphatic carbocycles. The molecule has 2 N–H and O–H groups in total. The number of anilines is 1. The Kier molecular flexibility index (Phi) is 5.38. The molecule has 0 bridgehead atoms. The zero-order chi connectivity index (χ0) is 20.9. The van der Waals surface area contributed by atoms with Crippen molar-refractivity contribution in [3.05, 3.63) is 72.6 Å². The zero-order valence-corrected chi connectivity index (χ0v) is 16.1. The minimum atomic E-state index is -0.598. The molecule has 4 rings (SSSR count). The third-order valence-corrected chi connectivity index (χ3v) is 4.36. The van der Waals surface area contributed by atoms with E-state index in [0.29, 0.717) is 33.9 Å². The lowest BCUT2D eigenvalue weighted by Gasteiger charge is -2.07. The van der Waals surface area contributed by atoms with Crippen molar-refractivity contribution in [2.45, 2.75) is 0 Å². The van der Waals surface area contributed by atoms with Crippen LogP contribution in [0.2, 0.25) is 0 Å². The van der Waals surface area contributed by atoms with Gasteiger partial charge in [0.15, 0.2) is 6.61 Å². The van der Waals surface area contributed by atoms with Gasteiger partial charge in [0.1, 0.15) is 11.6 Å². The summed E-state index contributed by atoms with van der Waals surface area (Å²) >= 11 is 0. The monoisotopic (exact) mass is 402 g/mol. The molecule has 30 heavy (non-hydrogen) atoms. The molecule has 8 heteroatoms. The number of aromatic nitrogens is 3. The highest BCUT2D eigenvalue weighted by atomic mass is 16.5. The first-order valence-electron chi connectivity index (χ1n) is 9.13. The Labute approximate surface area is 171 Å². The van der Waals surface area contributed by atoms with E-state index in [1.165, 1.54) is 0 Å². The fourth-order valence-corrected chi connectivity index (χ4v) is 2.86. The molecule has 0 atom stereocenters. The van der Waals surface area contributed by atoms with Crippen LogP contribution in [-0.4, -0.2) is 40.5 Å². The predicted molar refractivity (Wildman–Crippen MR) is 111 cm³/mol. The molecule has 0 aliphatic rings. The number of carbonyl (C=O) groups is 2. The number of methoxy groups -OCH3 is 1. The van der Waals surface area contributed by atoms with Crippen molar-refractivity contribution < 1.29 is 19.1 Å². The number of nitrogens with one attached hydrogen (secondary N) is 2. The van der Waals surface area contributed by atoms with Gasteiger partial charge in [0.05, 0.1) is 23.7 Å². The standard InChI is InChI=1S/C22H18N4O4/c1-29-17-7-5-16(6-8-17)24-20(27)13-30-22(28)14-4-9-18-19(11-14)26-21(25-18)15-3-2-10-23-12-15/h2-12H,13H2,1H3,(H,24,27)(H,25,26). The van der Waals surface area contributed by atoms with Crippen LogP contribution in [0.5, 0.6) is 5.75 Å². The number of fused-ring (bicyclic) bond motifs is 1. The third kappa shape index (κ3) is 4.27. The second kappa shape index (κ2) is 8.44. The van der Waals surface area contributed by atoms with Gasteiger partial charge in [0, 0.05) is 23.6 Å². The van der Waals surface area contributed by atoms with Crippen molar-refractivity contribution in [2.75, 3.05) is 19.0 Å². The molecule has 0 unspecified atom stereocenters. The molecular weight excluding hydrogens is 384 g/mol. The van der Waals surface area contributed by atoms with Crippen molar-refractivity contribution in [3.63, 3.8) is 0 Å². The quantitative estimate of drug-likeness (QED) is 0.479. The first kappa shape index (κ1) is 19.1. The first-order chi connectivity index (χ1) is 14.6. The topological polar surface area (TPSA) is 106 Å². The molecule has 2 aromatic carbocycles. The van der Waals surface area contributed by atoms with Crippen LogP contribution < -0.4 is 10.1 Å². The average Bonchev–Trinajstić information content (AvgIpc) is 3.22. The van der Waals surface area contributed by atoms with Gasteiger partial charge in [-0.25, -0.2) is 9.78 Å². The summed E-state index contributed by atoms with van der Waals surface area (Å²) < 4.78 is 10.2. The van der Waals surface area contributed by atoms with E-state index >= 15 is 0 Å². The number of hydrogen-bond acceptors (Lipinski definition) is 6. The maximum atomic E-state index is 12.3. The highest BCUT2D eigenvalue weighted by Gasteiger charge is 2.13. The van der Waals surface area contributed by atoms with E-state index in [1.54, 1.807) is 62.0 Å². The molecule has 2 heterocycles. The molecule has 0 aliphatic heterocycles. The van der Waals surface area contributed by atoms with E-state index < -0.39 is 18.5 Å². The second-order valence-corrected chi connectivity index (χ2v) is 6.41. The molecule has 150 valence electrons. The summed E-state index contributed by atoms with van der Waals surface area (Å²) in [6.07, 6.45) is 3.39. The Morgan fingerprint density at radius 1 is 1.10 bits per heavy atom. The second-order valence-electron chi connectivity index (χ2n) is 6.41. The fourth-order valence-electron chi connectivity index (χ4n) is 2.86. The number of ether oxygens (including phenoxy) is 2. The van der Waals surface area contributed by atoms with E-state index in [0.717, 1.165) is 5.56 Å². The van der Waals surface area contributed by atoms with E-state index in [-0.39, 0.29) is 0 Å². The van der Waals surface area contributed by atoms with Gasteiger partial charge in [-0.05, 0) is 54.6 Å². The summed E-state index contributed by atoms with van der Waals surface area (Å²) in [5.74, 6) is 0.303. The number of hydrogen-bond donors (Lipinski definition) is 2. The molecular formula is C22H18N4O4. The molecule has 0 radical (unpaired) electrons. The molecule has 2 aromatic heterocycles. The smallest absolute Gasteiger partial charge is 0.338 e. The Morgan fingerprint density at radius 2 is 1.93 bits per heavy atom. The van der Waals surface area contributed by atoms with Gasteiger partial charge in [-0.15, -0.1) is 0 Å². The number of nitrogens with zero attached hydrogens (tertiary/aromatic N) is 2. The lowest BCUT2D eigenvalue weighted by Crippen LogP contribution is -2.20. The SMILES string of the molecule is COc1ccc(NC(=O)COC(=O)c2ccc3nc(-c4cccnc4)[nH]c3c2)cc1. The van der Waals surface area contributed by atoms with Crippen LogP contribution in [0.4, 0.5) is 5.69 Å². The van der Waals surface area contributed by atoms with Gasteiger partial charge in [-0.1, -0.05) is 0 Å². The molecule has 4 aromatic rings. The number of H-pyrrole nitrogens is 1. The Hall–Kier alpha value is -4.20. The summed E-state index contributed by atoms with van der Waals surface area (Å²) in [5, 5.41) is 2.66. The van der Waals surface area contributed by atoms with Crippen LogP contribution >= 0.6 is 0 Å². The summed E-state index contributed by atoms with van der Waals surface area (Å²) in [7, 11) is 1.56. The van der Waals surface area contributed by atoms with Crippen molar-refractivity contribution in [2.24, 2.45) is 0 Å². The van der Waals surface area contributed by atoms with Crippen LogP contribution in [0.1, 0.15) is 10.4 Å². The average molecular weight is 402 g/mol. The van der Waals surface area contributed by atoms with Crippen LogP contribution in [0.15, 0.2) is 67.0 Å². The van der Waals surface area contributed by atoms with E-state index in [9.17, 15) is 9.59 Å². The maximum absolute atomic E-state index is 12.3. The van der Waals surface area contributed by atoms with E-state index in [1.807, 2.05) is 12.1 Å². The number of aromatic amines is 1. The summed E-state index contributed by atoms with van der Waals surface area (Å²) in [5.41, 5.74) is 3.14. The summed E-state index contributed by atoms with van der Waals surface area (Å²) in [6, 6.07) is 15.5. The minimum absolute atomic E-state index is 0.320. The van der Waals surface area contributed by atoms with Gasteiger partial charge in [0.25, 0.3) is 5.91 Å². The molecule has 0 saturated heterocycles. The molecule has 8 nitrogen and oxygen atoms in total. The van der Waals surface area contributed by atoms with Crippen molar-refractivity contribution >= 4 is 28.6 Å². The van der Waals surface area contributed by atoms with Crippen molar-refractivity contribution in [1.82, 2.24) is 15.0 Å². The molecule has 0 spiro atoms. The molecule has 0 saturated carbocycles. The first-order valence-corrected chi connectivity index (χ1v) is 9.13. The van der Waals surface area contributed by atoms with E-state index in [4.69, 9.17) is 9.47 Å². The highest BCUT2D eigenvalue weighted by molar-refractivity contribution is 5.97. The van der Waals surface area contributed by atoms with E-state index in [2.05, 4.69) is 20.3 Å². The normalized spacial score (nSPS) is 10.6. The van der Waals surface area contributed by atoms with Crippen LogP contribution in [0, 0.1) is 0 Å². The number of rotatable bonds is 6. The van der Waals surface area contributed by atoms with Crippen molar-refractivity contribution in [3.8, 4) is 17.1 Å². The van der Waals surface area contributed by atoms with Gasteiger partial charge in [0.2, 0.25) is 0 Å². The Morgan fingerprint density at radius 3 is 2.67 bits per heavy atom. The van der Waals surface area contributed by atoms with Crippen LogP contribution in [0.3, 0.4) is 0 Å². The lowest BCUT2D eigenvalue weighted by atomic mass is 10.2. The number of carbonyl (C=O) groups excluding carboxylic acids is 2. The molecule has 0 fully saturated rings. The van der Waals surface area contributed by atoms with Crippen LogP contribution in [0.25, 0.3) is 22.4 Å². The third-order valence-electron chi connectivity index (χ3n) is 4.36. The number of esters is 1. The van der Waals surface area contributed by atoms with Gasteiger partial charge in [-0.2, -0.15) is 0 Å². The van der Waals surface area contributed by atoms with Gasteiger partial charge >= 0.3 is 5.97 Å². The predicted octanol–water partition coefficient (Wildman–Crippen LogP) is 3.43. The maximum Gasteiger partial charge on any atom is 0.338 e. The summed E-state index contributed by atoms with van der Waals surface area (Å²) in [4.78, 5) is 36.1. The van der Waals surface area contributed by atoms with Crippen LogP contribution in [-0.2, 0) is 9.53 Å². The lowest BCUT2D eigenvalue weighted by molar-refractivity contribution is -0.119. The molecule has 1 amide bonds. The fraction of sp³-hybridized carbons (Fsp3) is 0.0909. The van der Waals surface area contributed by atoms with Gasteiger partial charge < -0.3 is 19.8 Å². The Balaban J connectivity index is 1.39. The minimum Gasteiger partial charge on any atom is -0.497 e.